The smallest absolute Gasteiger partial charge is 0.356 e. The van der Waals surface area contributed by atoms with E-state index in [-0.39, 0.29) is 12.3 Å². The summed E-state index contributed by atoms with van der Waals surface area (Å²) in [5.74, 6) is -0.205. The van der Waals surface area contributed by atoms with E-state index in [0.717, 1.165) is 5.56 Å². The van der Waals surface area contributed by atoms with Gasteiger partial charge in [-0.05, 0) is 18.2 Å². The molecule has 7 nitrogen and oxygen atoms in total. The van der Waals surface area contributed by atoms with Gasteiger partial charge in [-0.1, -0.05) is 23.7 Å². The first kappa shape index (κ1) is 16.1. The molecule has 3 rings (SSSR count). The summed E-state index contributed by atoms with van der Waals surface area (Å²) in [5.41, 5.74) is 1.32. The van der Waals surface area contributed by atoms with Gasteiger partial charge in [0.25, 0.3) is 0 Å². The Bertz CT molecular complexity index is 895. The first-order valence-electron chi connectivity index (χ1n) is 6.99. The Morgan fingerprint density at radius 2 is 2.12 bits per heavy atom. The van der Waals surface area contributed by atoms with Gasteiger partial charge in [-0.15, -0.1) is 0 Å². The van der Waals surface area contributed by atoms with Crippen molar-refractivity contribution >= 4 is 17.6 Å². The van der Waals surface area contributed by atoms with E-state index in [9.17, 15) is 4.79 Å². The average molecular weight is 345 g/mol. The van der Waals surface area contributed by atoms with E-state index in [1.54, 1.807) is 31.4 Å². The molecule has 1 N–H and O–H groups in total. The van der Waals surface area contributed by atoms with E-state index in [1.807, 2.05) is 6.07 Å². The first-order chi connectivity index (χ1) is 11.6. The van der Waals surface area contributed by atoms with Crippen molar-refractivity contribution in [3.63, 3.8) is 0 Å². The van der Waals surface area contributed by atoms with E-state index >= 15 is 0 Å². The highest BCUT2D eigenvalue weighted by Gasteiger charge is 2.12. The van der Waals surface area contributed by atoms with E-state index < -0.39 is 5.97 Å². The van der Waals surface area contributed by atoms with Gasteiger partial charge in [0, 0.05) is 30.0 Å². The molecule has 122 valence electrons. The lowest BCUT2D eigenvalue weighted by Crippen LogP contribution is -2.06. The molecule has 1 aromatic carbocycles. The predicted molar refractivity (Wildman–Crippen MR) is 87.3 cm³/mol. The minimum Gasteiger partial charge on any atom is -0.476 e. The maximum Gasteiger partial charge on any atom is 0.356 e. The minimum absolute atomic E-state index is 0.0637. The second-order valence-corrected chi connectivity index (χ2v) is 5.37. The maximum absolute atomic E-state index is 11.0. The van der Waals surface area contributed by atoms with Crippen molar-refractivity contribution in [2.24, 2.45) is 0 Å². The van der Waals surface area contributed by atoms with Gasteiger partial charge >= 0.3 is 5.97 Å². The molecule has 0 unspecified atom stereocenters. The van der Waals surface area contributed by atoms with Crippen LogP contribution in [0.5, 0.6) is 0 Å². The van der Waals surface area contributed by atoms with Gasteiger partial charge in [0.05, 0.1) is 12.3 Å². The molecule has 0 aliphatic heterocycles. The first-order valence-corrected chi connectivity index (χ1v) is 7.37. The third-order valence-electron chi connectivity index (χ3n) is 3.18. The maximum atomic E-state index is 11.0. The zero-order valence-electron chi connectivity index (χ0n) is 12.7. The highest BCUT2D eigenvalue weighted by atomic mass is 35.5. The largest absolute Gasteiger partial charge is 0.476 e. The second-order valence-electron chi connectivity index (χ2n) is 4.94. The van der Waals surface area contributed by atoms with Crippen molar-refractivity contribution in [1.29, 1.82) is 0 Å². The third kappa shape index (κ3) is 3.42. The molecule has 0 amide bonds. The molecule has 24 heavy (non-hydrogen) atoms. The van der Waals surface area contributed by atoms with E-state index in [4.69, 9.17) is 21.4 Å². The SMILES string of the molecule is COCc1cc(-n2ccc(C(=O)O)n2)nc(-c2cccc(Cl)c2)n1. The summed E-state index contributed by atoms with van der Waals surface area (Å²) in [6.07, 6.45) is 1.53. The van der Waals surface area contributed by atoms with E-state index in [2.05, 4.69) is 15.1 Å². The number of hydrogen-bond acceptors (Lipinski definition) is 5. The number of carboxylic acids is 1. The molecule has 2 aromatic heterocycles. The van der Waals surface area contributed by atoms with Gasteiger partial charge in [0.2, 0.25) is 0 Å². The molecular weight excluding hydrogens is 332 g/mol. The minimum atomic E-state index is -1.10. The number of nitrogens with zero attached hydrogens (tertiary/aromatic N) is 4. The van der Waals surface area contributed by atoms with Crippen molar-refractivity contribution in [2.45, 2.75) is 6.61 Å². The summed E-state index contributed by atoms with van der Waals surface area (Å²) in [6, 6.07) is 10.3. The Morgan fingerprint density at radius 1 is 1.29 bits per heavy atom. The third-order valence-corrected chi connectivity index (χ3v) is 3.42. The van der Waals surface area contributed by atoms with E-state index in [1.165, 1.54) is 16.9 Å². The molecule has 0 aliphatic carbocycles. The molecule has 0 aliphatic rings. The molecule has 8 heteroatoms. The van der Waals surface area contributed by atoms with Gasteiger partial charge < -0.3 is 9.84 Å². The van der Waals surface area contributed by atoms with Crippen molar-refractivity contribution in [3.8, 4) is 17.2 Å². The molecule has 0 bridgehead atoms. The molecule has 3 aromatic rings. The van der Waals surface area contributed by atoms with Crippen LogP contribution in [-0.2, 0) is 11.3 Å². The predicted octanol–water partition coefficient (Wildman–Crippen LogP) is 2.83. The Balaban J connectivity index is 2.10. The lowest BCUT2D eigenvalue weighted by molar-refractivity contribution is 0.0690. The highest BCUT2D eigenvalue weighted by molar-refractivity contribution is 6.30. The van der Waals surface area contributed by atoms with Gasteiger partial charge in [-0.25, -0.2) is 19.4 Å². The van der Waals surface area contributed by atoms with Crippen LogP contribution >= 0.6 is 11.6 Å². The monoisotopic (exact) mass is 344 g/mol. The summed E-state index contributed by atoms with van der Waals surface area (Å²) < 4.78 is 6.52. The number of methoxy groups -OCH3 is 1. The molecule has 0 radical (unpaired) electrons. The van der Waals surface area contributed by atoms with Crippen LogP contribution in [0.4, 0.5) is 0 Å². The summed E-state index contributed by atoms with van der Waals surface area (Å²) in [6.45, 7) is 0.288. The Kier molecular flexibility index (Phi) is 4.54. The van der Waals surface area contributed by atoms with Gasteiger partial charge in [-0.2, -0.15) is 5.10 Å². The summed E-state index contributed by atoms with van der Waals surface area (Å²) in [4.78, 5) is 19.9. The van der Waals surface area contributed by atoms with E-state index in [0.29, 0.717) is 22.4 Å². The number of aromatic nitrogens is 4. The van der Waals surface area contributed by atoms with Crippen molar-refractivity contribution < 1.29 is 14.6 Å². The lowest BCUT2D eigenvalue weighted by Gasteiger charge is -2.08. The fourth-order valence-electron chi connectivity index (χ4n) is 2.14. The number of halogens is 1. The van der Waals surface area contributed by atoms with Crippen molar-refractivity contribution in [3.05, 3.63) is 59.0 Å². The average Bonchev–Trinajstić information content (AvgIpc) is 3.05. The Labute approximate surface area is 142 Å². The van der Waals surface area contributed by atoms with Crippen LogP contribution in [0.3, 0.4) is 0 Å². The van der Waals surface area contributed by atoms with Crippen LogP contribution in [0.25, 0.3) is 17.2 Å². The Hall–Kier alpha value is -2.77. The number of carbonyl (C=O) groups is 1. The van der Waals surface area contributed by atoms with Crippen LogP contribution in [0.2, 0.25) is 5.02 Å². The summed E-state index contributed by atoms with van der Waals surface area (Å²) in [5, 5.41) is 13.6. The topological polar surface area (TPSA) is 90.1 Å². The molecule has 0 fully saturated rings. The summed E-state index contributed by atoms with van der Waals surface area (Å²) in [7, 11) is 1.57. The van der Waals surface area contributed by atoms with Crippen molar-refractivity contribution in [1.82, 2.24) is 19.7 Å². The quantitative estimate of drug-likeness (QED) is 0.765. The number of benzene rings is 1. The van der Waals surface area contributed by atoms with Crippen LogP contribution in [0, 0.1) is 0 Å². The number of aromatic carboxylic acids is 1. The lowest BCUT2D eigenvalue weighted by atomic mass is 10.2. The molecule has 0 saturated heterocycles. The zero-order chi connectivity index (χ0) is 17.1. The number of ether oxygens (including phenoxy) is 1. The van der Waals surface area contributed by atoms with Gasteiger partial charge in [0.15, 0.2) is 17.3 Å². The zero-order valence-corrected chi connectivity index (χ0v) is 13.4. The van der Waals surface area contributed by atoms with Crippen LogP contribution in [-0.4, -0.2) is 37.9 Å². The van der Waals surface area contributed by atoms with Crippen molar-refractivity contribution in [2.75, 3.05) is 7.11 Å². The standard InChI is InChI=1S/C16H13ClN4O3/c1-24-9-12-8-14(21-6-5-13(20-21)16(22)23)19-15(18-12)10-3-2-4-11(17)7-10/h2-8H,9H2,1H3,(H,22,23). The Morgan fingerprint density at radius 3 is 2.79 bits per heavy atom. The fourth-order valence-corrected chi connectivity index (χ4v) is 2.33. The number of hydrogen-bond donors (Lipinski definition) is 1. The molecule has 0 atom stereocenters. The molecule has 0 spiro atoms. The fraction of sp³-hybridized carbons (Fsp3) is 0.125. The van der Waals surface area contributed by atoms with Crippen LogP contribution < -0.4 is 0 Å². The molecular formula is C16H13ClN4O3. The van der Waals surface area contributed by atoms with Gasteiger partial charge in [-0.3, -0.25) is 0 Å². The molecule has 0 saturated carbocycles. The highest BCUT2D eigenvalue weighted by Crippen LogP contribution is 2.21. The summed E-state index contributed by atoms with van der Waals surface area (Å²) >= 11 is 6.03. The number of carboxylic acid groups (broad SMARTS) is 1. The van der Waals surface area contributed by atoms with Crippen LogP contribution in [0.1, 0.15) is 16.2 Å². The molecule has 2 heterocycles. The second kappa shape index (κ2) is 6.77. The van der Waals surface area contributed by atoms with Crippen LogP contribution in [0.15, 0.2) is 42.6 Å². The van der Waals surface area contributed by atoms with Gasteiger partial charge in [0.1, 0.15) is 0 Å². The number of rotatable bonds is 5. The normalized spacial score (nSPS) is 10.8.